The highest BCUT2D eigenvalue weighted by atomic mass is 79.9. The average Bonchev–Trinajstić information content (AvgIpc) is 3.53. The second kappa shape index (κ2) is 15.1. The Morgan fingerprint density at radius 3 is 2.27 bits per heavy atom. The molecule has 0 spiro atoms. The summed E-state index contributed by atoms with van der Waals surface area (Å²) in [6.07, 6.45) is 1.49. The lowest BCUT2D eigenvalue weighted by atomic mass is 10.2. The molecule has 0 aliphatic heterocycles. The van der Waals surface area contributed by atoms with E-state index in [2.05, 4.69) is 31.9 Å². The number of para-hydroxylation sites is 2. The lowest BCUT2D eigenvalue weighted by Crippen LogP contribution is -2.30. The molecular formula is C35H28BrN3O5S. The van der Waals surface area contributed by atoms with Crippen LogP contribution in [0.3, 0.4) is 0 Å². The number of furan rings is 1. The van der Waals surface area contributed by atoms with E-state index in [-0.39, 0.29) is 17.4 Å². The number of hydrogen-bond donors (Lipinski definition) is 3. The van der Waals surface area contributed by atoms with Gasteiger partial charge in [0, 0.05) is 32.3 Å². The third-order valence-electron chi connectivity index (χ3n) is 6.43. The Hall–Kier alpha value is -5.06. The molecule has 226 valence electrons. The smallest absolute Gasteiger partial charge is 0.272 e. The molecule has 10 heteroatoms. The van der Waals surface area contributed by atoms with Crippen molar-refractivity contribution in [1.29, 1.82) is 0 Å². The molecule has 5 rings (SSSR count). The van der Waals surface area contributed by atoms with Crippen molar-refractivity contribution < 1.29 is 23.5 Å². The molecule has 0 saturated carbocycles. The summed E-state index contributed by atoms with van der Waals surface area (Å²) in [6, 6.07) is 34.1. The van der Waals surface area contributed by atoms with Gasteiger partial charge in [0.1, 0.15) is 23.0 Å². The number of amides is 3. The largest absolute Gasteiger partial charge is 0.495 e. The van der Waals surface area contributed by atoms with Gasteiger partial charge in [0.2, 0.25) is 5.91 Å². The molecule has 1 heterocycles. The van der Waals surface area contributed by atoms with E-state index in [0.29, 0.717) is 34.2 Å². The summed E-state index contributed by atoms with van der Waals surface area (Å²) in [5.41, 5.74) is 2.39. The fourth-order valence-electron chi connectivity index (χ4n) is 4.20. The Bertz CT molecular complexity index is 1820. The molecule has 0 radical (unpaired) electrons. The third kappa shape index (κ3) is 8.75. The normalized spacial score (nSPS) is 11.0. The van der Waals surface area contributed by atoms with Crippen molar-refractivity contribution in [3.63, 3.8) is 0 Å². The molecule has 5 aromatic rings. The van der Waals surface area contributed by atoms with Gasteiger partial charge in [-0.3, -0.25) is 14.4 Å². The highest BCUT2D eigenvalue weighted by Gasteiger charge is 2.17. The van der Waals surface area contributed by atoms with E-state index < -0.39 is 11.8 Å². The van der Waals surface area contributed by atoms with Crippen molar-refractivity contribution in [3.8, 4) is 17.1 Å². The fraction of sp³-hybridized carbons (Fsp3) is 0.0571. The number of ether oxygens (including phenoxy) is 1. The summed E-state index contributed by atoms with van der Waals surface area (Å²) in [5, 5.41) is 8.40. The molecule has 0 aliphatic carbocycles. The number of anilines is 2. The van der Waals surface area contributed by atoms with Crippen LogP contribution in [-0.2, 0) is 9.59 Å². The molecule has 0 saturated heterocycles. The van der Waals surface area contributed by atoms with Crippen LogP contribution in [0.25, 0.3) is 17.4 Å². The van der Waals surface area contributed by atoms with Gasteiger partial charge in [0.05, 0.1) is 18.6 Å². The van der Waals surface area contributed by atoms with E-state index in [1.165, 1.54) is 17.8 Å². The Morgan fingerprint density at radius 2 is 1.53 bits per heavy atom. The highest BCUT2D eigenvalue weighted by Crippen LogP contribution is 2.27. The van der Waals surface area contributed by atoms with Crippen molar-refractivity contribution in [1.82, 2.24) is 5.32 Å². The predicted octanol–water partition coefficient (Wildman–Crippen LogP) is 7.86. The van der Waals surface area contributed by atoms with Gasteiger partial charge in [-0.05, 0) is 72.8 Å². The number of thioether (sulfide) groups is 1. The fourth-order valence-corrected chi connectivity index (χ4v) is 5.16. The molecule has 0 aliphatic rings. The minimum Gasteiger partial charge on any atom is -0.495 e. The van der Waals surface area contributed by atoms with E-state index in [4.69, 9.17) is 9.15 Å². The SMILES string of the molecule is COc1ccccc1NC(=O)CSc1ccc(NC(=O)C(=Cc2ccc(-c3ccc(Br)cc3)o2)NC(=O)c2ccccc2)cc1. The number of benzene rings is 4. The molecule has 0 bridgehead atoms. The molecule has 3 amide bonds. The monoisotopic (exact) mass is 681 g/mol. The minimum atomic E-state index is -0.530. The van der Waals surface area contributed by atoms with Crippen LogP contribution < -0.4 is 20.7 Å². The molecular weight excluding hydrogens is 654 g/mol. The lowest BCUT2D eigenvalue weighted by molar-refractivity contribution is -0.114. The first-order valence-electron chi connectivity index (χ1n) is 13.8. The van der Waals surface area contributed by atoms with Crippen molar-refractivity contribution in [2.24, 2.45) is 0 Å². The summed E-state index contributed by atoms with van der Waals surface area (Å²) in [4.78, 5) is 39.7. The first-order valence-corrected chi connectivity index (χ1v) is 15.6. The van der Waals surface area contributed by atoms with Crippen LogP contribution in [0.2, 0.25) is 0 Å². The third-order valence-corrected chi connectivity index (χ3v) is 7.97. The van der Waals surface area contributed by atoms with Gasteiger partial charge < -0.3 is 25.1 Å². The summed E-state index contributed by atoms with van der Waals surface area (Å²) < 4.78 is 12.2. The van der Waals surface area contributed by atoms with Crippen LogP contribution in [0.1, 0.15) is 16.1 Å². The average molecular weight is 683 g/mol. The molecule has 3 N–H and O–H groups in total. The Balaban J connectivity index is 1.26. The van der Waals surface area contributed by atoms with Crippen molar-refractivity contribution in [3.05, 3.63) is 137 Å². The molecule has 8 nitrogen and oxygen atoms in total. The van der Waals surface area contributed by atoms with E-state index in [1.54, 1.807) is 79.9 Å². The zero-order valence-electron chi connectivity index (χ0n) is 24.1. The summed E-state index contributed by atoms with van der Waals surface area (Å²) in [5.74, 6) is 0.644. The predicted molar refractivity (Wildman–Crippen MR) is 181 cm³/mol. The number of nitrogens with one attached hydrogen (secondary N) is 3. The van der Waals surface area contributed by atoms with Crippen molar-refractivity contribution >= 4 is 62.9 Å². The van der Waals surface area contributed by atoms with Crippen molar-refractivity contribution in [2.45, 2.75) is 4.90 Å². The zero-order valence-corrected chi connectivity index (χ0v) is 26.5. The first kappa shape index (κ1) is 31.4. The quantitative estimate of drug-likeness (QED) is 0.0967. The topological polar surface area (TPSA) is 110 Å². The number of methoxy groups -OCH3 is 1. The van der Waals surface area contributed by atoms with Gasteiger partial charge in [-0.15, -0.1) is 11.8 Å². The number of carbonyl (C=O) groups is 3. The van der Waals surface area contributed by atoms with E-state index in [1.807, 2.05) is 42.5 Å². The first-order chi connectivity index (χ1) is 21.9. The molecule has 0 unspecified atom stereocenters. The molecule has 4 aromatic carbocycles. The Morgan fingerprint density at radius 1 is 0.822 bits per heavy atom. The Kier molecular flexibility index (Phi) is 10.5. The van der Waals surface area contributed by atoms with Crippen LogP contribution >= 0.6 is 27.7 Å². The summed E-state index contributed by atoms with van der Waals surface area (Å²) >= 11 is 4.78. The van der Waals surface area contributed by atoms with Crippen LogP contribution in [-0.4, -0.2) is 30.6 Å². The van der Waals surface area contributed by atoms with Gasteiger partial charge >= 0.3 is 0 Å². The van der Waals surface area contributed by atoms with Crippen LogP contribution in [0.15, 0.2) is 135 Å². The second-order valence-electron chi connectivity index (χ2n) is 9.60. The number of rotatable bonds is 11. The van der Waals surface area contributed by atoms with Gasteiger partial charge in [-0.1, -0.05) is 58.4 Å². The maximum Gasteiger partial charge on any atom is 0.272 e. The van der Waals surface area contributed by atoms with E-state index in [9.17, 15) is 14.4 Å². The lowest BCUT2D eigenvalue weighted by Gasteiger charge is -2.12. The second-order valence-corrected chi connectivity index (χ2v) is 11.6. The maximum absolute atomic E-state index is 13.4. The molecule has 0 atom stereocenters. The van der Waals surface area contributed by atoms with Crippen LogP contribution in [0.5, 0.6) is 5.75 Å². The van der Waals surface area contributed by atoms with Gasteiger partial charge in [-0.25, -0.2) is 0 Å². The number of carbonyl (C=O) groups excluding carboxylic acids is 3. The molecule has 0 fully saturated rings. The Labute approximate surface area is 273 Å². The standard InChI is InChI=1S/C35H28BrN3O5S/c1-43-32-10-6-5-9-29(32)38-33(40)22-45-28-18-15-26(16-19-28)37-35(42)30(39-34(41)24-7-3-2-4-8-24)21-27-17-20-31(44-27)23-11-13-25(36)14-12-23/h2-21H,22H2,1H3,(H,37,42)(H,38,40)(H,39,41). The highest BCUT2D eigenvalue weighted by molar-refractivity contribution is 9.10. The van der Waals surface area contributed by atoms with Crippen molar-refractivity contribution in [2.75, 3.05) is 23.5 Å². The van der Waals surface area contributed by atoms with E-state index in [0.717, 1.165) is 14.9 Å². The van der Waals surface area contributed by atoms with Gasteiger partial charge in [-0.2, -0.15) is 0 Å². The van der Waals surface area contributed by atoms with Crippen LogP contribution in [0.4, 0.5) is 11.4 Å². The van der Waals surface area contributed by atoms with Gasteiger partial charge in [0.25, 0.3) is 11.8 Å². The van der Waals surface area contributed by atoms with Gasteiger partial charge in [0.15, 0.2) is 0 Å². The minimum absolute atomic E-state index is 0.00650. The zero-order chi connectivity index (χ0) is 31.6. The van der Waals surface area contributed by atoms with Crippen LogP contribution in [0, 0.1) is 0 Å². The number of hydrogen-bond acceptors (Lipinski definition) is 6. The van der Waals surface area contributed by atoms with E-state index >= 15 is 0 Å². The molecule has 45 heavy (non-hydrogen) atoms. The number of halogens is 1. The molecule has 1 aromatic heterocycles. The summed E-state index contributed by atoms with van der Waals surface area (Å²) in [6.45, 7) is 0. The maximum atomic E-state index is 13.4. The summed E-state index contributed by atoms with van der Waals surface area (Å²) in [7, 11) is 1.55.